The minimum absolute atomic E-state index is 1.06. The third kappa shape index (κ3) is 3.15. The number of hydrogen-bond donors (Lipinski definition) is 0. The lowest BCUT2D eigenvalue weighted by Crippen LogP contribution is -1.89. The summed E-state index contributed by atoms with van der Waals surface area (Å²) in [6.07, 6.45) is 1.08. The lowest BCUT2D eigenvalue weighted by atomic mass is 10.2. The maximum atomic E-state index is 4.67. The average Bonchev–Trinajstić information content (AvgIpc) is 2.48. The van der Waals surface area contributed by atoms with Crippen LogP contribution in [0.5, 0.6) is 0 Å². The quantitative estimate of drug-likeness (QED) is 0.641. The number of hydrogen-bond acceptors (Lipinski definition) is 2. The number of aryl methyl sites for hydroxylation is 1. The first-order valence-electron chi connectivity index (χ1n) is 6.44. The van der Waals surface area contributed by atoms with Crippen LogP contribution >= 0.6 is 11.8 Å². The summed E-state index contributed by atoms with van der Waals surface area (Å²) in [6.45, 7) is 0. The molecule has 0 amide bonds. The van der Waals surface area contributed by atoms with Crippen molar-refractivity contribution >= 4 is 22.7 Å². The Labute approximate surface area is 117 Å². The molecule has 1 aromatic heterocycles. The second kappa shape index (κ2) is 5.89. The van der Waals surface area contributed by atoms with Crippen molar-refractivity contribution in [3.8, 4) is 0 Å². The van der Waals surface area contributed by atoms with Gasteiger partial charge in [-0.1, -0.05) is 54.6 Å². The Bertz CT molecular complexity index is 664. The van der Waals surface area contributed by atoms with Crippen LogP contribution in [-0.2, 0) is 6.42 Å². The van der Waals surface area contributed by atoms with Crippen molar-refractivity contribution in [2.45, 2.75) is 11.4 Å². The Morgan fingerprint density at radius 3 is 2.47 bits per heavy atom. The van der Waals surface area contributed by atoms with Crippen LogP contribution in [0.3, 0.4) is 0 Å². The van der Waals surface area contributed by atoms with Crippen LogP contribution < -0.4 is 0 Å². The number of benzene rings is 2. The normalized spacial score (nSPS) is 10.7. The number of nitrogens with zero attached hydrogens (tertiary/aromatic N) is 1. The Kier molecular flexibility index (Phi) is 3.80. The molecule has 0 aliphatic carbocycles. The van der Waals surface area contributed by atoms with Gasteiger partial charge in [0.1, 0.15) is 0 Å². The Balaban J connectivity index is 1.65. The van der Waals surface area contributed by atoms with Gasteiger partial charge >= 0.3 is 0 Å². The third-order valence-electron chi connectivity index (χ3n) is 3.06. The molecule has 0 fully saturated rings. The van der Waals surface area contributed by atoms with E-state index in [1.54, 1.807) is 0 Å². The fraction of sp³-hybridized carbons (Fsp3) is 0.118. The summed E-state index contributed by atoms with van der Waals surface area (Å²) < 4.78 is 0. The number of thioether (sulfide) groups is 1. The molecule has 0 N–H and O–H groups in total. The molecule has 0 unspecified atom stereocenters. The van der Waals surface area contributed by atoms with Crippen molar-refractivity contribution in [1.29, 1.82) is 0 Å². The number of pyridine rings is 1. The number of fused-ring (bicyclic) bond motifs is 1. The molecule has 0 saturated heterocycles. The van der Waals surface area contributed by atoms with E-state index in [4.69, 9.17) is 0 Å². The SMILES string of the molecule is c1ccc(CCSc2ccc3ccccc3n2)cc1. The molecule has 0 saturated carbocycles. The first-order chi connectivity index (χ1) is 9.42. The molecule has 0 radical (unpaired) electrons. The zero-order chi connectivity index (χ0) is 12.9. The van der Waals surface area contributed by atoms with E-state index < -0.39 is 0 Å². The monoisotopic (exact) mass is 265 g/mol. The molecule has 2 aromatic carbocycles. The van der Waals surface area contributed by atoms with Crippen molar-refractivity contribution in [3.05, 3.63) is 72.3 Å². The second-order valence-electron chi connectivity index (χ2n) is 4.43. The van der Waals surface area contributed by atoms with E-state index in [-0.39, 0.29) is 0 Å². The molecule has 0 spiro atoms. The van der Waals surface area contributed by atoms with E-state index >= 15 is 0 Å². The zero-order valence-corrected chi connectivity index (χ0v) is 11.4. The highest BCUT2D eigenvalue weighted by Crippen LogP contribution is 2.20. The van der Waals surface area contributed by atoms with Gasteiger partial charge < -0.3 is 0 Å². The topological polar surface area (TPSA) is 12.9 Å². The van der Waals surface area contributed by atoms with E-state index in [2.05, 4.69) is 59.6 Å². The standard InChI is InChI=1S/C17H15NS/c1-2-6-14(7-3-1)12-13-19-17-11-10-15-8-4-5-9-16(15)18-17/h1-11H,12-13H2. The van der Waals surface area contributed by atoms with Gasteiger partial charge in [0.25, 0.3) is 0 Å². The molecule has 1 nitrogen and oxygen atoms in total. The third-order valence-corrected chi connectivity index (χ3v) is 3.99. The van der Waals surface area contributed by atoms with Crippen LogP contribution in [0.4, 0.5) is 0 Å². The average molecular weight is 265 g/mol. The highest BCUT2D eigenvalue weighted by Gasteiger charge is 1.99. The van der Waals surface area contributed by atoms with Gasteiger partial charge in [-0.3, -0.25) is 0 Å². The summed E-state index contributed by atoms with van der Waals surface area (Å²) in [6, 6.07) is 23.1. The molecule has 0 aliphatic heterocycles. The molecular weight excluding hydrogens is 250 g/mol. The van der Waals surface area contributed by atoms with Crippen LogP contribution in [0.25, 0.3) is 10.9 Å². The van der Waals surface area contributed by atoms with E-state index in [0.717, 1.165) is 22.7 Å². The molecule has 3 rings (SSSR count). The maximum absolute atomic E-state index is 4.67. The van der Waals surface area contributed by atoms with Gasteiger partial charge in [0.05, 0.1) is 10.5 Å². The van der Waals surface area contributed by atoms with Gasteiger partial charge in [0.2, 0.25) is 0 Å². The highest BCUT2D eigenvalue weighted by atomic mass is 32.2. The summed E-state index contributed by atoms with van der Waals surface area (Å²) in [5.41, 5.74) is 2.46. The van der Waals surface area contributed by atoms with Crippen LogP contribution in [0.1, 0.15) is 5.56 Å². The summed E-state index contributed by atoms with van der Waals surface area (Å²) >= 11 is 1.82. The van der Waals surface area contributed by atoms with Gasteiger partial charge in [0, 0.05) is 11.1 Å². The summed E-state index contributed by atoms with van der Waals surface area (Å²) in [5, 5.41) is 2.31. The van der Waals surface area contributed by atoms with Crippen molar-refractivity contribution in [2.75, 3.05) is 5.75 Å². The van der Waals surface area contributed by atoms with Crippen LogP contribution in [0.15, 0.2) is 71.8 Å². The number of rotatable bonds is 4. The molecular formula is C17H15NS. The summed E-state index contributed by atoms with van der Waals surface area (Å²) in [7, 11) is 0. The Morgan fingerprint density at radius 1 is 0.789 bits per heavy atom. The Morgan fingerprint density at radius 2 is 1.58 bits per heavy atom. The smallest absolute Gasteiger partial charge is 0.0967 e. The predicted octanol–water partition coefficient (Wildman–Crippen LogP) is 4.57. The van der Waals surface area contributed by atoms with Gasteiger partial charge in [-0.2, -0.15) is 0 Å². The molecule has 0 bridgehead atoms. The maximum Gasteiger partial charge on any atom is 0.0967 e. The van der Waals surface area contributed by atoms with E-state index in [0.29, 0.717) is 0 Å². The molecule has 19 heavy (non-hydrogen) atoms. The highest BCUT2D eigenvalue weighted by molar-refractivity contribution is 7.99. The van der Waals surface area contributed by atoms with Crippen molar-refractivity contribution < 1.29 is 0 Å². The fourth-order valence-electron chi connectivity index (χ4n) is 2.05. The van der Waals surface area contributed by atoms with Gasteiger partial charge in [-0.05, 0) is 24.1 Å². The van der Waals surface area contributed by atoms with Crippen LogP contribution in [-0.4, -0.2) is 10.7 Å². The van der Waals surface area contributed by atoms with Crippen LogP contribution in [0, 0.1) is 0 Å². The molecule has 94 valence electrons. The first kappa shape index (κ1) is 12.2. The van der Waals surface area contributed by atoms with Gasteiger partial charge in [-0.15, -0.1) is 11.8 Å². The van der Waals surface area contributed by atoms with Crippen molar-refractivity contribution in [3.63, 3.8) is 0 Å². The minimum Gasteiger partial charge on any atom is -0.241 e. The summed E-state index contributed by atoms with van der Waals surface area (Å²) in [4.78, 5) is 4.67. The van der Waals surface area contributed by atoms with Crippen molar-refractivity contribution in [2.24, 2.45) is 0 Å². The van der Waals surface area contributed by atoms with Gasteiger partial charge in [0.15, 0.2) is 0 Å². The number of para-hydroxylation sites is 1. The van der Waals surface area contributed by atoms with E-state index in [9.17, 15) is 0 Å². The zero-order valence-electron chi connectivity index (χ0n) is 10.6. The van der Waals surface area contributed by atoms with E-state index in [1.165, 1.54) is 10.9 Å². The number of aromatic nitrogens is 1. The largest absolute Gasteiger partial charge is 0.241 e. The predicted molar refractivity (Wildman–Crippen MR) is 82.6 cm³/mol. The molecule has 1 heterocycles. The lowest BCUT2D eigenvalue weighted by Gasteiger charge is -2.03. The molecule has 3 aromatic rings. The van der Waals surface area contributed by atoms with Gasteiger partial charge in [-0.25, -0.2) is 4.98 Å². The van der Waals surface area contributed by atoms with Crippen LogP contribution in [0.2, 0.25) is 0 Å². The Hall–Kier alpha value is -1.80. The first-order valence-corrected chi connectivity index (χ1v) is 7.43. The molecule has 2 heteroatoms. The molecule has 0 aliphatic rings. The summed E-state index contributed by atoms with van der Waals surface area (Å²) in [5.74, 6) is 1.06. The minimum atomic E-state index is 1.06. The lowest BCUT2D eigenvalue weighted by molar-refractivity contribution is 1.13. The molecule has 0 atom stereocenters. The fourth-order valence-corrected chi connectivity index (χ4v) is 2.92. The second-order valence-corrected chi connectivity index (χ2v) is 5.54. The van der Waals surface area contributed by atoms with Crippen molar-refractivity contribution in [1.82, 2.24) is 4.98 Å². The van der Waals surface area contributed by atoms with E-state index in [1.807, 2.05) is 23.9 Å².